The molecule has 0 radical (unpaired) electrons. The number of aromatic nitrogens is 2. The Bertz CT molecular complexity index is 1710. The Labute approximate surface area is 240 Å². The van der Waals surface area contributed by atoms with Crippen LogP contribution in [0.4, 0.5) is 0 Å². The van der Waals surface area contributed by atoms with E-state index in [4.69, 9.17) is 30.5 Å². The number of nitrogens with zero attached hydrogens (tertiary/aromatic N) is 1. The molecule has 0 aliphatic carbocycles. The average Bonchev–Trinajstić information content (AvgIpc) is 3.34. The van der Waals surface area contributed by atoms with Crippen LogP contribution < -0.4 is 16.0 Å². The van der Waals surface area contributed by atoms with Crippen LogP contribution in [0.15, 0.2) is 94.6 Å². The van der Waals surface area contributed by atoms with Gasteiger partial charge in [-0.25, -0.2) is 4.79 Å². The molecule has 1 fully saturated rings. The van der Waals surface area contributed by atoms with Gasteiger partial charge in [-0.3, -0.25) is 14.3 Å². The van der Waals surface area contributed by atoms with E-state index >= 15 is 0 Å². The lowest BCUT2D eigenvalue weighted by Crippen LogP contribution is -2.40. The molecule has 2 aliphatic rings. The van der Waals surface area contributed by atoms with Crippen LogP contribution in [0.3, 0.4) is 0 Å². The van der Waals surface area contributed by atoms with Gasteiger partial charge in [0.2, 0.25) is 0 Å². The van der Waals surface area contributed by atoms with Crippen molar-refractivity contribution in [1.29, 1.82) is 0 Å². The van der Waals surface area contributed by atoms with Crippen molar-refractivity contribution in [1.82, 2.24) is 9.55 Å². The van der Waals surface area contributed by atoms with E-state index in [0.29, 0.717) is 17.1 Å². The fourth-order valence-electron chi connectivity index (χ4n) is 5.49. The number of para-hydroxylation sites is 2. The lowest BCUT2D eigenvalue weighted by molar-refractivity contribution is -0.0941. The number of benzene rings is 3. The van der Waals surface area contributed by atoms with E-state index in [0.717, 1.165) is 16.7 Å². The maximum Gasteiger partial charge on any atom is 0.330 e. The van der Waals surface area contributed by atoms with Crippen LogP contribution in [0.1, 0.15) is 34.9 Å². The van der Waals surface area contributed by atoms with Crippen LogP contribution >= 0.6 is 6.72 Å². The van der Waals surface area contributed by atoms with Crippen molar-refractivity contribution >= 4 is 18.5 Å². The highest BCUT2D eigenvalue weighted by Crippen LogP contribution is 2.53. The largest absolute Gasteiger partial charge is 0.457 e. The van der Waals surface area contributed by atoms with Crippen LogP contribution in [0.5, 0.6) is 11.5 Å². The van der Waals surface area contributed by atoms with Gasteiger partial charge in [0.05, 0.1) is 12.7 Å². The van der Waals surface area contributed by atoms with E-state index in [1.54, 1.807) is 6.92 Å². The fourth-order valence-corrected chi connectivity index (χ4v) is 6.40. The number of rotatable bonds is 7. The zero-order valence-electron chi connectivity index (χ0n) is 21.9. The summed E-state index contributed by atoms with van der Waals surface area (Å²) in [5.74, 6) is 1.26. The molecule has 0 spiro atoms. The Balaban J connectivity index is 1.42. The summed E-state index contributed by atoms with van der Waals surface area (Å²) < 4.78 is 26.1. The van der Waals surface area contributed by atoms with Crippen LogP contribution in [0.2, 0.25) is 0 Å². The number of hydrogen-bond acceptors (Lipinski definition) is 7. The molecule has 0 saturated carbocycles. The van der Waals surface area contributed by atoms with Gasteiger partial charge in [0.15, 0.2) is 5.60 Å². The lowest BCUT2D eigenvalue weighted by Gasteiger charge is -2.41. The Morgan fingerprint density at radius 3 is 2.24 bits per heavy atom. The highest BCUT2D eigenvalue weighted by molar-refractivity contribution is 8.06. The molecule has 41 heavy (non-hydrogen) atoms. The number of ether oxygens (including phenoxy) is 3. The van der Waals surface area contributed by atoms with Gasteiger partial charge in [-0.1, -0.05) is 66.7 Å². The second-order valence-corrected chi connectivity index (χ2v) is 12.5. The van der Waals surface area contributed by atoms with Gasteiger partial charge in [-0.05, 0) is 36.4 Å². The van der Waals surface area contributed by atoms with Gasteiger partial charge >= 0.3 is 12.4 Å². The molecule has 212 valence electrons. The predicted molar refractivity (Wildman–Crippen MR) is 153 cm³/mol. The van der Waals surface area contributed by atoms with Gasteiger partial charge in [0.1, 0.15) is 23.8 Å². The molecule has 3 N–H and O–H groups in total. The lowest BCUT2D eigenvalue weighted by atomic mass is 9.77. The molecule has 2 aliphatic heterocycles. The molecular weight excluding hydrogens is 567 g/mol. The third-order valence-electron chi connectivity index (χ3n) is 7.31. The zero-order chi connectivity index (χ0) is 28.8. The molecule has 1 saturated heterocycles. The molecule has 0 unspecified atom stereocenters. The van der Waals surface area contributed by atoms with Gasteiger partial charge in [-0.15, -0.1) is 0 Å². The molecule has 12 heteroatoms. The Hall–Kier alpha value is -3.41. The number of aromatic amines is 1. The summed E-state index contributed by atoms with van der Waals surface area (Å²) in [5.41, 5.74) is 0.433. The molecule has 0 bridgehead atoms. The monoisotopic (exact) mass is 594 g/mol. The molecule has 6 rings (SSSR count). The maximum atomic E-state index is 12.6. The van der Waals surface area contributed by atoms with Gasteiger partial charge < -0.3 is 28.5 Å². The summed E-state index contributed by atoms with van der Waals surface area (Å²) in [7, 11) is 0. The van der Waals surface area contributed by atoms with Gasteiger partial charge in [-0.2, -0.15) is 0 Å². The summed E-state index contributed by atoms with van der Waals surface area (Å²) in [6.07, 6.45) is -1.19. The Morgan fingerprint density at radius 1 is 1.00 bits per heavy atom. The Kier molecular flexibility index (Phi) is 7.29. The van der Waals surface area contributed by atoms with Crippen molar-refractivity contribution in [3.63, 3.8) is 0 Å². The number of H-pyrrole nitrogens is 1. The molecule has 4 aromatic rings. The minimum Gasteiger partial charge on any atom is -0.457 e. The summed E-state index contributed by atoms with van der Waals surface area (Å²) in [6, 6.07) is 24.9. The maximum absolute atomic E-state index is 12.6. The van der Waals surface area contributed by atoms with E-state index in [-0.39, 0.29) is 13.0 Å². The van der Waals surface area contributed by atoms with E-state index in [1.165, 1.54) is 10.8 Å². The van der Waals surface area contributed by atoms with Crippen molar-refractivity contribution in [2.24, 2.45) is 0 Å². The average molecular weight is 595 g/mol. The first kappa shape index (κ1) is 27.7. The topological polar surface area (TPSA) is 132 Å². The minimum atomic E-state index is -4.10. The van der Waals surface area contributed by atoms with Gasteiger partial charge in [0.25, 0.3) is 5.56 Å². The third kappa shape index (κ3) is 5.22. The molecule has 3 atom stereocenters. The summed E-state index contributed by atoms with van der Waals surface area (Å²) in [5, 5.41) is 0. The number of hydrogen-bond donors (Lipinski definition) is 3. The van der Waals surface area contributed by atoms with Crippen molar-refractivity contribution < 1.29 is 28.5 Å². The minimum absolute atomic E-state index is 0.0630. The first-order chi connectivity index (χ1) is 19.7. The second kappa shape index (κ2) is 10.8. The third-order valence-corrected chi connectivity index (χ3v) is 8.11. The van der Waals surface area contributed by atoms with E-state index < -0.39 is 42.0 Å². The summed E-state index contributed by atoms with van der Waals surface area (Å²) in [4.78, 5) is 46.9. The highest BCUT2D eigenvalue weighted by Gasteiger charge is 2.47. The molecule has 1 aromatic heterocycles. The first-order valence-corrected chi connectivity index (χ1v) is 15.6. The standard InChI is InChI=1S/C29H27N2O8PS/c1-18-16-31(28(33)30-27(18)32)26-15-24(39-40(34,35)41)25(38-26)17-36-29(19-9-3-2-4-10-19)20-11-5-7-13-22(20)37-23-14-8-6-12-21(23)29/h2-14,16,24-26H,15,17H2,1H3,(H,30,32,33)(H2,34,35,41)/t24-,25+,26+/m0/s1. The van der Waals surface area contributed by atoms with Crippen LogP contribution in [0, 0.1) is 6.92 Å². The molecule has 10 nitrogen and oxygen atoms in total. The van der Waals surface area contributed by atoms with E-state index in [1.807, 2.05) is 78.9 Å². The van der Waals surface area contributed by atoms with Crippen LogP contribution in [-0.4, -0.2) is 38.2 Å². The quantitative estimate of drug-likeness (QED) is 0.273. The number of nitrogens with one attached hydrogen (secondary N) is 1. The predicted octanol–water partition coefficient (Wildman–Crippen LogP) is 3.84. The number of aryl methyl sites for hydroxylation is 1. The molecular formula is C29H27N2O8PS. The summed E-state index contributed by atoms with van der Waals surface area (Å²) in [6.45, 7) is -2.61. The fraction of sp³-hybridized carbons (Fsp3) is 0.241. The van der Waals surface area contributed by atoms with E-state index in [2.05, 4.69) is 4.98 Å². The van der Waals surface area contributed by atoms with Crippen molar-refractivity contribution in [3.05, 3.63) is 128 Å². The van der Waals surface area contributed by atoms with Crippen LogP contribution in [0.25, 0.3) is 0 Å². The normalized spacial score (nSPS) is 21.1. The Morgan fingerprint density at radius 2 is 1.61 bits per heavy atom. The SMILES string of the molecule is Cc1cn([C@H]2C[C@H](OP(O)(O)=S)[C@@H](COC3(c4ccccc4)c4ccccc4Oc4ccccc43)O2)c(=O)[nH]c1=O. The smallest absolute Gasteiger partial charge is 0.330 e. The van der Waals surface area contributed by atoms with Crippen molar-refractivity contribution in [2.45, 2.75) is 37.4 Å². The first-order valence-electron chi connectivity index (χ1n) is 12.9. The second-order valence-electron chi connectivity index (χ2n) is 9.93. The van der Waals surface area contributed by atoms with Crippen molar-refractivity contribution in [2.75, 3.05) is 6.61 Å². The van der Waals surface area contributed by atoms with Crippen LogP contribution in [-0.2, 0) is 31.4 Å². The highest BCUT2D eigenvalue weighted by atomic mass is 32.5. The zero-order valence-corrected chi connectivity index (χ0v) is 23.6. The molecule has 0 amide bonds. The van der Waals surface area contributed by atoms with Gasteiger partial charge in [0, 0.05) is 29.3 Å². The summed E-state index contributed by atoms with van der Waals surface area (Å²) >= 11 is 4.78. The number of fused-ring (bicyclic) bond motifs is 2. The molecule has 3 heterocycles. The van der Waals surface area contributed by atoms with E-state index in [9.17, 15) is 19.4 Å². The van der Waals surface area contributed by atoms with Crippen molar-refractivity contribution in [3.8, 4) is 11.5 Å². The molecule has 3 aromatic carbocycles.